The number of benzene rings is 1. The molecular formula is C16H17F2N5O2. The number of nitrogens with zero attached hydrogens (tertiary/aromatic N) is 3. The fraction of sp³-hybridized carbons (Fsp3) is 0.375. The fourth-order valence-corrected chi connectivity index (χ4v) is 2.53. The number of alkyl halides is 2. The van der Waals surface area contributed by atoms with Gasteiger partial charge in [-0.3, -0.25) is 10.1 Å². The van der Waals surface area contributed by atoms with Gasteiger partial charge in [0.15, 0.2) is 0 Å². The Morgan fingerprint density at radius 3 is 2.76 bits per heavy atom. The summed E-state index contributed by atoms with van der Waals surface area (Å²) in [6, 6.07) is 5.07. The van der Waals surface area contributed by atoms with Gasteiger partial charge < -0.3 is 10.6 Å². The van der Waals surface area contributed by atoms with Gasteiger partial charge in [0.1, 0.15) is 17.9 Å². The molecule has 1 aliphatic rings. The number of pyridine rings is 1. The number of hydrogen-bond donors (Lipinski definition) is 2. The first-order valence-electron chi connectivity index (χ1n) is 7.75. The van der Waals surface area contributed by atoms with Crippen molar-refractivity contribution in [1.29, 1.82) is 5.26 Å². The van der Waals surface area contributed by atoms with Crippen LogP contribution in [0.3, 0.4) is 0 Å². The molecule has 1 aromatic carbocycles. The molecule has 2 N–H and O–H groups in total. The molecule has 1 saturated heterocycles. The van der Waals surface area contributed by atoms with Crippen LogP contribution in [0.4, 0.5) is 20.2 Å². The van der Waals surface area contributed by atoms with Gasteiger partial charge in [0.25, 0.3) is 5.92 Å². The number of fused-ring (bicyclic) bond motifs is 1. The summed E-state index contributed by atoms with van der Waals surface area (Å²) in [5.41, 5.74) is 0.186. The van der Waals surface area contributed by atoms with Crippen molar-refractivity contribution in [1.82, 2.24) is 10.3 Å². The average molecular weight is 349 g/mol. The largest absolute Gasteiger partial charge is 0.369 e. The highest BCUT2D eigenvalue weighted by molar-refractivity contribution is 5.96. The first-order valence-corrected chi connectivity index (χ1v) is 7.75. The van der Waals surface area contributed by atoms with Crippen LogP contribution in [0, 0.1) is 21.4 Å². The van der Waals surface area contributed by atoms with Crippen LogP contribution in [0.2, 0.25) is 0 Å². The zero-order valence-electron chi connectivity index (χ0n) is 13.7. The predicted octanol–water partition coefficient (Wildman–Crippen LogP) is 3.06. The molecule has 0 amide bonds. The maximum atomic E-state index is 13.8. The smallest absolute Gasteiger partial charge is 0.311 e. The minimum atomic E-state index is -3.03. The van der Waals surface area contributed by atoms with Crippen LogP contribution in [0.5, 0.6) is 0 Å². The van der Waals surface area contributed by atoms with Crippen LogP contribution >= 0.6 is 0 Å². The predicted molar refractivity (Wildman–Crippen MR) is 89.7 cm³/mol. The van der Waals surface area contributed by atoms with E-state index < -0.39 is 29.1 Å². The Morgan fingerprint density at radius 1 is 1.48 bits per heavy atom. The lowest BCUT2D eigenvalue weighted by Crippen LogP contribution is -2.38. The standard InChI is InChI=1S/C14H11F2N5O2.C2H6/c15-14(16)7-18-6-12(14)20-13-9-3-8(4-17)1-2-10(9)19-5-11(13)21(22)23;1-2/h1-3,5,12,18H,6-7H2,(H,19,20);1-2H3. The quantitative estimate of drug-likeness (QED) is 0.652. The molecule has 1 unspecified atom stereocenters. The molecule has 3 rings (SSSR count). The van der Waals surface area contributed by atoms with Crippen molar-refractivity contribution in [3.05, 3.63) is 40.1 Å². The van der Waals surface area contributed by atoms with Crippen molar-refractivity contribution < 1.29 is 13.7 Å². The van der Waals surface area contributed by atoms with Crippen molar-refractivity contribution in [3.63, 3.8) is 0 Å². The maximum absolute atomic E-state index is 13.8. The molecule has 9 heteroatoms. The van der Waals surface area contributed by atoms with Crippen LogP contribution in [-0.4, -0.2) is 35.0 Å². The Kier molecular flexibility index (Phi) is 5.44. The summed E-state index contributed by atoms with van der Waals surface area (Å²) in [7, 11) is 0. The molecule has 0 saturated carbocycles. The molecule has 0 radical (unpaired) electrons. The number of hydrogen-bond acceptors (Lipinski definition) is 6. The third-order valence-corrected chi connectivity index (χ3v) is 3.71. The highest BCUT2D eigenvalue weighted by Crippen LogP contribution is 2.35. The molecule has 1 fully saturated rings. The Morgan fingerprint density at radius 2 is 2.20 bits per heavy atom. The molecule has 0 spiro atoms. The normalized spacial score (nSPS) is 18.1. The number of rotatable bonds is 3. The summed E-state index contributed by atoms with van der Waals surface area (Å²) in [6.07, 6.45) is 1.03. The molecular weight excluding hydrogens is 332 g/mol. The third-order valence-electron chi connectivity index (χ3n) is 3.71. The molecule has 25 heavy (non-hydrogen) atoms. The Labute approximate surface area is 142 Å². The molecule has 2 heterocycles. The first kappa shape index (κ1) is 18.5. The van der Waals surface area contributed by atoms with Crippen molar-refractivity contribution in [2.75, 3.05) is 18.4 Å². The summed E-state index contributed by atoms with van der Waals surface area (Å²) in [5.74, 6) is -3.03. The minimum absolute atomic E-state index is 0.0219. The lowest BCUT2D eigenvalue weighted by Gasteiger charge is -2.21. The topological polar surface area (TPSA) is 104 Å². The lowest BCUT2D eigenvalue weighted by atomic mass is 10.1. The fourth-order valence-electron chi connectivity index (χ4n) is 2.53. The second-order valence-electron chi connectivity index (χ2n) is 5.21. The van der Waals surface area contributed by atoms with Crippen LogP contribution < -0.4 is 10.6 Å². The Hall–Kier alpha value is -2.86. The van der Waals surface area contributed by atoms with Gasteiger partial charge in [-0.1, -0.05) is 13.8 Å². The van der Waals surface area contributed by atoms with Crippen molar-refractivity contribution in [2.45, 2.75) is 25.8 Å². The van der Waals surface area contributed by atoms with E-state index in [1.54, 1.807) is 0 Å². The van der Waals surface area contributed by atoms with Gasteiger partial charge in [-0.25, -0.2) is 13.8 Å². The van der Waals surface area contributed by atoms with E-state index in [0.717, 1.165) is 6.20 Å². The van der Waals surface area contributed by atoms with Crippen LogP contribution in [0.15, 0.2) is 24.4 Å². The highest BCUT2D eigenvalue weighted by atomic mass is 19.3. The number of anilines is 1. The summed E-state index contributed by atoms with van der Waals surface area (Å²) in [5, 5.41) is 25.6. The summed E-state index contributed by atoms with van der Waals surface area (Å²) >= 11 is 0. The number of halogens is 2. The van der Waals surface area contributed by atoms with Gasteiger partial charge in [0.05, 0.1) is 28.6 Å². The third kappa shape index (κ3) is 3.64. The number of nitrogens with one attached hydrogen (secondary N) is 2. The van der Waals surface area contributed by atoms with Gasteiger partial charge in [0, 0.05) is 11.9 Å². The second kappa shape index (κ2) is 7.36. The second-order valence-corrected chi connectivity index (χ2v) is 5.21. The van der Waals surface area contributed by atoms with Gasteiger partial charge in [-0.05, 0) is 18.2 Å². The van der Waals surface area contributed by atoms with Crippen molar-refractivity contribution in [2.24, 2.45) is 0 Å². The number of nitriles is 1. The summed E-state index contributed by atoms with van der Waals surface area (Å²) in [6.45, 7) is 3.48. The summed E-state index contributed by atoms with van der Waals surface area (Å²) < 4.78 is 27.6. The van der Waals surface area contributed by atoms with E-state index in [-0.39, 0.29) is 23.2 Å². The zero-order chi connectivity index (χ0) is 18.6. The van der Waals surface area contributed by atoms with Gasteiger partial charge in [-0.2, -0.15) is 5.26 Å². The minimum Gasteiger partial charge on any atom is -0.369 e. The Bertz CT molecular complexity index is 835. The van der Waals surface area contributed by atoms with Crippen molar-refractivity contribution in [3.8, 4) is 6.07 Å². The van der Waals surface area contributed by atoms with Crippen molar-refractivity contribution >= 4 is 22.3 Å². The first-order chi connectivity index (χ1) is 11.9. The molecule has 2 aromatic rings. The van der Waals surface area contributed by atoms with E-state index in [4.69, 9.17) is 5.26 Å². The zero-order valence-corrected chi connectivity index (χ0v) is 13.7. The average Bonchev–Trinajstić information content (AvgIpc) is 2.94. The van der Waals surface area contributed by atoms with E-state index in [1.807, 2.05) is 19.9 Å². The van der Waals surface area contributed by atoms with E-state index in [0.29, 0.717) is 5.52 Å². The van der Waals surface area contributed by atoms with Gasteiger partial charge in [0.2, 0.25) is 0 Å². The maximum Gasteiger partial charge on any atom is 0.311 e. The number of aromatic nitrogens is 1. The van der Waals surface area contributed by atoms with Crippen LogP contribution in [0.25, 0.3) is 10.9 Å². The molecule has 0 aliphatic carbocycles. The Balaban J connectivity index is 0.00000109. The molecule has 1 atom stereocenters. The number of nitro groups is 1. The van der Waals surface area contributed by atoms with Crippen LogP contribution in [0.1, 0.15) is 19.4 Å². The molecule has 1 aliphatic heterocycles. The van der Waals surface area contributed by atoms with Crippen LogP contribution in [-0.2, 0) is 0 Å². The lowest BCUT2D eigenvalue weighted by molar-refractivity contribution is -0.384. The van der Waals surface area contributed by atoms with Gasteiger partial charge >= 0.3 is 5.69 Å². The molecule has 1 aromatic heterocycles. The SMILES string of the molecule is CC.N#Cc1ccc2ncc([N+](=O)[O-])c(NC3CNCC3(F)F)c2c1. The molecule has 0 bridgehead atoms. The van der Waals surface area contributed by atoms with E-state index in [1.165, 1.54) is 18.2 Å². The van der Waals surface area contributed by atoms with E-state index in [2.05, 4.69) is 15.6 Å². The highest BCUT2D eigenvalue weighted by Gasteiger charge is 2.44. The van der Waals surface area contributed by atoms with E-state index in [9.17, 15) is 18.9 Å². The molecule has 7 nitrogen and oxygen atoms in total. The molecule has 132 valence electrons. The monoisotopic (exact) mass is 349 g/mol. The summed E-state index contributed by atoms with van der Waals surface area (Å²) in [4.78, 5) is 14.5. The van der Waals surface area contributed by atoms with E-state index >= 15 is 0 Å². The van der Waals surface area contributed by atoms with Gasteiger partial charge in [-0.15, -0.1) is 0 Å².